The molecule has 2 rings (SSSR count). The quantitative estimate of drug-likeness (QED) is 0.834. The Labute approximate surface area is 107 Å². The second kappa shape index (κ2) is 5.05. The Hall–Kier alpha value is -2.09. The van der Waals surface area contributed by atoms with Crippen LogP contribution in [0.15, 0.2) is 42.5 Å². The van der Waals surface area contributed by atoms with Crippen LogP contribution in [-0.2, 0) is 6.42 Å². The normalized spacial score (nSPS) is 10.3. The third-order valence-electron chi connectivity index (χ3n) is 3.04. The SMILES string of the molecule is CCc1ccc(C(=O)c2ccc(C)cc2)cc1O. The van der Waals surface area contributed by atoms with Crippen molar-refractivity contribution in [3.8, 4) is 5.75 Å². The second-order valence-electron chi connectivity index (χ2n) is 4.39. The molecule has 0 aromatic heterocycles. The summed E-state index contributed by atoms with van der Waals surface area (Å²) in [5.41, 5.74) is 3.14. The van der Waals surface area contributed by atoms with Crippen molar-refractivity contribution in [1.82, 2.24) is 0 Å². The molecule has 0 unspecified atom stereocenters. The highest BCUT2D eigenvalue weighted by Crippen LogP contribution is 2.21. The average Bonchev–Trinajstić information content (AvgIpc) is 2.38. The molecule has 0 heterocycles. The maximum absolute atomic E-state index is 12.2. The molecule has 0 bridgehead atoms. The van der Waals surface area contributed by atoms with Gasteiger partial charge in [-0.3, -0.25) is 4.79 Å². The van der Waals surface area contributed by atoms with E-state index in [9.17, 15) is 9.90 Å². The van der Waals surface area contributed by atoms with Crippen LogP contribution in [0.25, 0.3) is 0 Å². The van der Waals surface area contributed by atoms with E-state index >= 15 is 0 Å². The fraction of sp³-hybridized carbons (Fsp3) is 0.188. The van der Waals surface area contributed by atoms with Gasteiger partial charge in [-0.05, 0) is 25.0 Å². The first-order valence-corrected chi connectivity index (χ1v) is 6.05. The highest BCUT2D eigenvalue weighted by molar-refractivity contribution is 6.09. The molecule has 2 aromatic rings. The van der Waals surface area contributed by atoms with Crippen LogP contribution in [-0.4, -0.2) is 10.9 Å². The number of phenols is 1. The third-order valence-corrected chi connectivity index (χ3v) is 3.04. The average molecular weight is 240 g/mol. The van der Waals surface area contributed by atoms with E-state index in [-0.39, 0.29) is 11.5 Å². The van der Waals surface area contributed by atoms with E-state index in [0.717, 1.165) is 17.5 Å². The fourth-order valence-electron chi connectivity index (χ4n) is 1.88. The third kappa shape index (κ3) is 2.43. The molecule has 0 amide bonds. The molecule has 18 heavy (non-hydrogen) atoms. The maximum Gasteiger partial charge on any atom is 0.193 e. The van der Waals surface area contributed by atoms with Crippen LogP contribution in [0.1, 0.15) is 34.0 Å². The van der Waals surface area contributed by atoms with Crippen molar-refractivity contribution in [3.05, 3.63) is 64.7 Å². The maximum atomic E-state index is 12.2. The Morgan fingerprint density at radius 3 is 2.22 bits per heavy atom. The summed E-state index contributed by atoms with van der Waals surface area (Å²) < 4.78 is 0. The molecule has 1 N–H and O–H groups in total. The number of benzene rings is 2. The number of hydrogen-bond acceptors (Lipinski definition) is 2. The van der Waals surface area contributed by atoms with Crippen molar-refractivity contribution in [2.24, 2.45) is 0 Å². The van der Waals surface area contributed by atoms with Crippen LogP contribution in [0.2, 0.25) is 0 Å². The molecule has 0 spiro atoms. The standard InChI is InChI=1S/C16H16O2/c1-3-12-8-9-14(10-15(12)17)16(18)13-6-4-11(2)5-7-13/h4-10,17H,3H2,1-2H3. The van der Waals surface area contributed by atoms with E-state index in [1.54, 1.807) is 18.2 Å². The van der Waals surface area contributed by atoms with Crippen LogP contribution >= 0.6 is 0 Å². The molecular weight excluding hydrogens is 224 g/mol. The minimum atomic E-state index is -0.0621. The molecular formula is C16H16O2. The van der Waals surface area contributed by atoms with Gasteiger partial charge in [0.05, 0.1) is 0 Å². The Morgan fingerprint density at radius 2 is 1.67 bits per heavy atom. The number of carbonyl (C=O) groups is 1. The molecule has 2 heteroatoms. The molecule has 0 saturated heterocycles. The molecule has 0 saturated carbocycles. The van der Waals surface area contributed by atoms with Crippen molar-refractivity contribution in [2.45, 2.75) is 20.3 Å². The van der Waals surface area contributed by atoms with E-state index in [1.807, 2.05) is 38.1 Å². The molecule has 0 fully saturated rings. The summed E-state index contributed by atoms with van der Waals surface area (Å²) in [7, 11) is 0. The molecule has 0 aliphatic carbocycles. The summed E-state index contributed by atoms with van der Waals surface area (Å²) in [6, 6.07) is 12.5. The highest BCUT2D eigenvalue weighted by atomic mass is 16.3. The van der Waals surface area contributed by atoms with E-state index in [2.05, 4.69) is 0 Å². The summed E-state index contributed by atoms with van der Waals surface area (Å²) in [5.74, 6) is 0.128. The predicted octanol–water partition coefficient (Wildman–Crippen LogP) is 3.49. The lowest BCUT2D eigenvalue weighted by molar-refractivity contribution is 0.103. The number of carbonyl (C=O) groups excluding carboxylic acids is 1. The molecule has 0 aliphatic heterocycles. The monoisotopic (exact) mass is 240 g/mol. The van der Waals surface area contributed by atoms with Gasteiger partial charge in [0, 0.05) is 11.1 Å². The lowest BCUT2D eigenvalue weighted by Crippen LogP contribution is -2.01. The first-order chi connectivity index (χ1) is 8.61. The molecule has 0 radical (unpaired) electrons. The Morgan fingerprint density at radius 1 is 1.06 bits per heavy atom. The van der Waals surface area contributed by atoms with Gasteiger partial charge in [-0.2, -0.15) is 0 Å². The summed E-state index contributed by atoms with van der Waals surface area (Å²) in [4.78, 5) is 12.2. The van der Waals surface area contributed by atoms with Gasteiger partial charge in [-0.15, -0.1) is 0 Å². The number of aromatic hydroxyl groups is 1. The lowest BCUT2D eigenvalue weighted by atomic mass is 10.00. The summed E-state index contributed by atoms with van der Waals surface area (Å²) in [6.45, 7) is 3.95. The molecule has 0 atom stereocenters. The van der Waals surface area contributed by atoms with Gasteiger partial charge >= 0.3 is 0 Å². The smallest absolute Gasteiger partial charge is 0.193 e. The van der Waals surface area contributed by atoms with Gasteiger partial charge < -0.3 is 5.11 Å². The number of aryl methyl sites for hydroxylation is 2. The summed E-state index contributed by atoms with van der Waals surface area (Å²) in [5, 5.41) is 9.78. The van der Waals surface area contributed by atoms with E-state index in [1.165, 1.54) is 0 Å². The summed E-state index contributed by atoms with van der Waals surface area (Å²) in [6.07, 6.45) is 0.755. The minimum absolute atomic E-state index is 0.0621. The van der Waals surface area contributed by atoms with E-state index in [4.69, 9.17) is 0 Å². The van der Waals surface area contributed by atoms with Crippen LogP contribution in [0.4, 0.5) is 0 Å². The highest BCUT2D eigenvalue weighted by Gasteiger charge is 2.10. The van der Waals surface area contributed by atoms with Crippen molar-refractivity contribution in [1.29, 1.82) is 0 Å². The van der Waals surface area contributed by atoms with Crippen LogP contribution in [0.3, 0.4) is 0 Å². The van der Waals surface area contributed by atoms with Crippen LogP contribution in [0.5, 0.6) is 5.75 Å². The number of rotatable bonds is 3. The molecule has 2 aromatic carbocycles. The zero-order chi connectivity index (χ0) is 13.1. The number of hydrogen-bond donors (Lipinski definition) is 1. The topological polar surface area (TPSA) is 37.3 Å². The Bertz CT molecular complexity index is 568. The van der Waals surface area contributed by atoms with Gasteiger partial charge in [0.2, 0.25) is 0 Å². The van der Waals surface area contributed by atoms with Gasteiger partial charge in [-0.25, -0.2) is 0 Å². The lowest BCUT2D eigenvalue weighted by Gasteiger charge is -2.05. The molecule has 92 valence electrons. The summed E-state index contributed by atoms with van der Waals surface area (Å²) >= 11 is 0. The Balaban J connectivity index is 2.34. The van der Waals surface area contributed by atoms with Crippen molar-refractivity contribution in [2.75, 3.05) is 0 Å². The van der Waals surface area contributed by atoms with Crippen molar-refractivity contribution >= 4 is 5.78 Å². The van der Waals surface area contributed by atoms with Gasteiger partial charge in [-0.1, -0.05) is 48.9 Å². The van der Waals surface area contributed by atoms with Gasteiger partial charge in [0.25, 0.3) is 0 Å². The zero-order valence-corrected chi connectivity index (χ0v) is 10.6. The van der Waals surface area contributed by atoms with Gasteiger partial charge in [0.15, 0.2) is 5.78 Å². The van der Waals surface area contributed by atoms with Crippen LogP contribution < -0.4 is 0 Å². The second-order valence-corrected chi connectivity index (χ2v) is 4.39. The minimum Gasteiger partial charge on any atom is -0.508 e. The molecule has 2 nitrogen and oxygen atoms in total. The number of phenolic OH excluding ortho intramolecular Hbond substituents is 1. The first kappa shape index (κ1) is 12.4. The van der Waals surface area contributed by atoms with Crippen molar-refractivity contribution in [3.63, 3.8) is 0 Å². The molecule has 0 aliphatic rings. The Kier molecular flexibility index (Phi) is 3.47. The number of ketones is 1. The predicted molar refractivity (Wildman–Crippen MR) is 72.1 cm³/mol. The van der Waals surface area contributed by atoms with E-state index < -0.39 is 0 Å². The van der Waals surface area contributed by atoms with Crippen LogP contribution in [0, 0.1) is 6.92 Å². The fourth-order valence-corrected chi connectivity index (χ4v) is 1.88. The first-order valence-electron chi connectivity index (χ1n) is 6.05. The zero-order valence-electron chi connectivity index (χ0n) is 10.6. The van der Waals surface area contributed by atoms with Gasteiger partial charge in [0.1, 0.15) is 5.75 Å². The van der Waals surface area contributed by atoms with E-state index in [0.29, 0.717) is 11.1 Å². The largest absolute Gasteiger partial charge is 0.508 e. The van der Waals surface area contributed by atoms with Crippen molar-refractivity contribution < 1.29 is 9.90 Å².